The number of aromatic nitrogens is 2. The van der Waals surface area contributed by atoms with Crippen molar-refractivity contribution >= 4 is 44.8 Å². The van der Waals surface area contributed by atoms with Crippen molar-refractivity contribution in [2.45, 2.75) is 31.1 Å². The third-order valence-electron chi connectivity index (χ3n) is 4.88. The molecule has 1 amide bonds. The van der Waals surface area contributed by atoms with E-state index in [1.54, 1.807) is 24.3 Å². The summed E-state index contributed by atoms with van der Waals surface area (Å²) in [4.78, 5) is 20.5. The molecular weight excluding hydrogens is 502 g/mol. The molecule has 1 aromatic heterocycles. The molecule has 0 aliphatic carbocycles. The lowest BCUT2D eigenvalue weighted by molar-refractivity contribution is 0.0973. The van der Waals surface area contributed by atoms with Gasteiger partial charge < -0.3 is 14.8 Å². The van der Waals surface area contributed by atoms with Crippen LogP contribution in [0, 0.1) is 0 Å². The summed E-state index contributed by atoms with van der Waals surface area (Å²) in [5.74, 6) is 0.366. The summed E-state index contributed by atoms with van der Waals surface area (Å²) in [6, 6.07) is 14.2. The molecule has 0 saturated carbocycles. The van der Waals surface area contributed by atoms with Gasteiger partial charge in [0, 0.05) is 11.8 Å². The average Bonchev–Trinajstić information content (AvgIpc) is 2.87. The zero-order valence-corrected chi connectivity index (χ0v) is 21.5. The van der Waals surface area contributed by atoms with Crippen LogP contribution in [0.3, 0.4) is 0 Å². The number of sulfonamides is 1. The van der Waals surface area contributed by atoms with E-state index in [4.69, 9.17) is 21.7 Å². The number of rotatable bonds is 11. The van der Waals surface area contributed by atoms with Crippen molar-refractivity contribution in [1.29, 1.82) is 0 Å². The predicted octanol–water partition coefficient (Wildman–Crippen LogP) is 3.98. The van der Waals surface area contributed by atoms with Crippen LogP contribution in [-0.4, -0.2) is 43.1 Å². The number of para-hydroxylation sites is 1. The van der Waals surface area contributed by atoms with E-state index in [1.807, 2.05) is 0 Å². The van der Waals surface area contributed by atoms with Gasteiger partial charge in [-0.3, -0.25) is 14.8 Å². The molecule has 3 aromatic rings. The second-order valence-electron chi connectivity index (χ2n) is 7.54. The van der Waals surface area contributed by atoms with Crippen molar-refractivity contribution < 1.29 is 22.7 Å². The molecule has 0 radical (unpaired) electrons. The first kappa shape index (κ1) is 26.8. The molecule has 0 spiro atoms. The lowest BCUT2D eigenvalue weighted by Gasteiger charge is -2.13. The molecule has 3 N–H and O–H groups in total. The summed E-state index contributed by atoms with van der Waals surface area (Å²) in [6.07, 6.45) is 4.22. The van der Waals surface area contributed by atoms with E-state index in [9.17, 15) is 13.2 Å². The number of thiocarbonyl (C=S) groups is 1. The molecule has 1 heterocycles. The fraction of sp³-hybridized carbons (Fsp3) is 0.250. The van der Waals surface area contributed by atoms with Gasteiger partial charge in [-0.2, -0.15) is 0 Å². The van der Waals surface area contributed by atoms with E-state index in [0.29, 0.717) is 23.6 Å². The molecule has 12 heteroatoms. The van der Waals surface area contributed by atoms with E-state index in [-0.39, 0.29) is 21.7 Å². The number of hydrogen-bond acceptors (Lipinski definition) is 8. The maximum atomic E-state index is 12.7. The van der Waals surface area contributed by atoms with E-state index >= 15 is 0 Å². The highest BCUT2D eigenvalue weighted by atomic mass is 32.2. The second kappa shape index (κ2) is 12.8. The number of benzene rings is 2. The minimum absolute atomic E-state index is 0.00901. The summed E-state index contributed by atoms with van der Waals surface area (Å²) in [5, 5.41) is 5.55. The van der Waals surface area contributed by atoms with Crippen LogP contribution in [0.15, 0.2) is 65.8 Å². The standard InChI is InChI=1S/C24H27N5O5S2/c1-3-4-7-14-34-20-9-6-5-8-19(20)23(30)28-24(35)27-17-10-12-18(13-11-17)36(31,32)29-21-15-22(33-2)26-16-25-21/h5-6,8-13,15-16H,3-4,7,14H2,1-2H3,(H,25,26,29)(H2,27,28,30,35). The molecular formula is C24H27N5O5S2. The molecule has 36 heavy (non-hydrogen) atoms. The molecule has 2 aromatic carbocycles. The molecule has 3 rings (SSSR count). The third kappa shape index (κ3) is 7.62. The molecule has 190 valence electrons. The highest BCUT2D eigenvalue weighted by Gasteiger charge is 2.17. The Kier molecular flexibility index (Phi) is 9.53. The first-order valence-corrected chi connectivity index (χ1v) is 13.0. The molecule has 0 aliphatic heterocycles. The second-order valence-corrected chi connectivity index (χ2v) is 9.63. The van der Waals surface area contributed by atoms with Crippen LogP contribution >= 0.6 is 12.2 Å². The first-order chi connectivity index (χ1) is 17.3. The fourth-order valence-corrected chi connectivity index (χ4v) is 4.28. The molecule has 0 saturated heterocycles. The number of carbonyl (C=O) groups is 1. The SMILES string of the molecule is CCCCCOc1ccccc1C(=O)NC(=S)Nc1ccc(S(=O)(=O)Nc2cc(OC)ncn2)cc1. The van der Waals surface area contributed by atoms with Gasteiger partial charge in [0.05, 0.1) is 24.2 Å². The Morgan fingerprint density at radius 2 is 1.81 bits per heavy atom. The van der Waals surface area contributed by atoms with E-state index in [0.717, 1.165) is 19.3 Å². The Hall–Kier alpha value is -3.77. The minimum atomic E-state index is -3.89. The number of nitrogens with zero attached hydrogens (tertiary/aromatic N) is 2. The smallest absolute Gasteiger partial charge is 0.263 e. The van der Waals surface area contributed by atoms with E-state index in [2.05, 4.69) is 32.2 Å². The molecule has 0 unspecified atom stereocenters. The van der Waals surface area contributed by atoms with E-state index < -0.39 is 15.9 Å². The summed E-state index contributed by atoms with van der Waals surface area (Å²) in [6.45, 7) is 2.63. The van der Waals surface area contributed by atoms with Crippen molar-refractivity contribution in [1.82, 2.24) is 15.3 Å². The van der Waals surface area contributed by atoms with Gasteiger partial charge in [-0.05, 0) is 55.0 Å². The summed E-state index contributed by atoms with van der Waals surface area (Å²) in [5.41, 5.74) is 0.860. The minimum Gasteiger partial charge on any atom is -0.493 e. The summed E-state index contributed by atoms with van der Waals surface area (Å²) < 4.78 is 38.4. The molecule has 0 aliphatic rings. The fourth-order valence-electron chi connectivity index (χ4n) is 3.07. The van der Waals surface area contributed by atoms with Crippen LogP contribution in [0.5, 0.6) is 11.6 Å². The number of nitrogens with one attached hydrogen (secondary N) is 3. The van der Waals surface area contributed by atoms with Crippen LogP contribution in [0.25, 0.3) is 0 Å². The Balaban J connectivity index is 1.60. The Morgan fingerprint density at radius 1 is 1.06 bits per heavy atom. The number of amides is 1. The molecule has 10 nitrogen and oxygen atoms in total. The van der Waals surface area contributed by atoms with Crippen LogP contribution in [0.2, 0.25) is 0 Å². The normalized spacial score (nSPS) is 10.8. The lowest BCUT2D eigenvalue weighted by atomic mass is 10.2. The van der Waals surface area contributed by atoms with Gasteiger partial charge >= 0.3 is 0 Å². The van der Waals surface area contributed by atoms with Gasteiger partial charge in [-0.1, -0.05) is 31.9 Å². The highest BCUT2D eigenvalue weighted by Crippen LogP contribution is 2.20. The number of ether oxygens (including phenoxy) is 2. The van der Waals surface area contributed by atoms with Gasteiger partial charge in [0.1, 0.15) is 17.9 Å². The number of hydrogen-bond donors (Lipinski definition) is 3. The van der Waals surface area contributed by atoms with Crippen molar-refractivity contribution in [3.8, 4) is 11.6 Å². The third-order valence-corrected chi connectivity index (χ3v) is 6.45. The highest BCUT2D eigenvalue weighted by molar-refractivity contribution is 7.92. The van der Waals surface area contributed by atoms with Crippen LogP contribution in [0.1, 0.15) is 36.5 Å². The molecule has 0 atom stereocenters. The number of anilines is 2. The number of methoxy groups -OCH3 is 1. The maximum absolute atomic E-state index is 12.7. The van der Waals surface area contributed by atoms with Crippen LogP contribution < -0.4 is 24.8 Å². The van der Waals surface area contributed by atoms with Crippen molar-refractivity contribution in [2.24, 2.45) is 0 Å². The monoisotopic (exact) mass is 529 g/mol. The van der Waals surface area contributed by atoms with Crippen LogP contribution in [0.4, 0.5) is 11.5 Å². The first-order valence-electron chi connectivity index (χ1n) is 11.2. The summed E-state index contributed by atoms with van der Waals surface area (Å²) in [7, 11) is -2.48. The zero-order chi connectivity index (χ0) is 26.0. The average molecular weight is 530 g/mol. The van der Waals surface area contributed by atoms with Crippen LogP contribution in [-0.2, 0) is 10.0 Å². The Labute approximate surface area is 215 Å². The largest absolute Gasteiger partial charge is 0.493 e. The maximum Gasteiger partial charge on any atom is 0.263 e. The number of unbranched alkanes of at least 4 members (excludes halogenated alkanes) is 2. The molecule has 0 fully saturated rings. The van der Waals surface area contributed by atoms with Gasteiger partial charge in [0.25, 0.3) is 15.9 Å². The van der Waals surface area contributed by atoms with Gasteiger partial charge in [0.15, 0.2) is 5.11 Å². The van der Waals surface area contributed by atoms with Gasteiger partial charge in [0.2, 0.25) is 5.88 Å². The van der Waals surface area contributed by atoms with Gasteiger partial charge in [-0.15, -0.1) is 0 Å². The quantitative estimate of drug-likeness (QED) is 0.249. The van der Waals surface area contributed by atoms with Crippen molar-refractivity contribution in [3.63, 3.8) is 0 Å². The molecule has 0 bridgehead atoms. The van der Waals surface area contributed by atoms with Crippen molar-refractivity contribution in [2.75, 3.05) is 23.8 Å². The topological polar surface area (TPSA) is 132 Å². The Bertz CT molecular complexity index is 1300. The summed E-state index contributed by atoms with van der Waals surface area (Å²) >= 11 is 5.25. The van der Waals surface area contributed by atoms with Crippen molar-refractivity contribution in [3.05, 3.63) is 66.5 Å². The van der Waals surface area contributed by atoms with E-state index in [1.165, 1.54) is 43.8 Å². The number of carbonyl (C=O) groups excluding carboxylic acids is 1. The zero-order valence-electron chi connectivity index (χ0n) is 19.9. The Morgan fingerprint density at radius 3 is 2.53 bits per heavy atom. The van der Waals surface area contributed by atoms with Gasteiger partial charge in [-0.25, -0.2) is 18.4 Å². The predicted molar refractivity (Wildman–Crippen MR) is 141 cm³/mol. The lowest BCUT2D eigenvalue weighted by Crippen LogP contribution is -2.34.